The van der Waals surface area contributed by atoms with Gasteiger partial charge in [-0.3, -0.25) is 4.79 Å². The predicted molar refractivity (Wildman–Crippen MR) is 51.3 cm³/mol. The molecule has 0 spiro atoms. The fourth-order valence-electron chi connectivity index (χ4n) is 0.874. The first-order valence-electron chi connectivity index (χ1n) is 4.64. The van der Waals surface area contributed by atoms with Gasteiger partial charge in [-0.2, -0.15) is 0 Å². The molecule has 14 heavy (non-hydrogen) atoms. The van der Waals surface area contributed by atoms with Crippen LogP contribution in [0.1, 0.15) is 26.7 Å². The second kappa shape index (κ2) is 5.95. The van der Waals surface area contributed by atoms with Crippen molar-refractivity contribution in [1.82, 2.24) is 5.32 Å². The third kappa shape index (κ3) is 5.16. The first-order valence-corrected chi connectivity index (χ1v) is 4.64. The molecule has 0 heterocycles. The van der Waals surface area contributed by atoms with E-state index < -0.39 is 11.7 Å². The minimum Gasteiger partial charge on any atom is -0.396 e. The molecule has 0 aliphatic rings. The Labute approximate surface area is 83.8 Å². The quantitative estimate of drug-likeness (QED) is 0.338. The number of hydrogen-bond donors (Lipinski definition) is 4. The van der Waals surface area contributed by atoms with Crippen molar-refractivity contribution in [2.24, 2.45) is 5.41 Å². The first-order chi connectivity index (χ1) is 6.40. The van der Waals surface area contributed by atoms with Gasteiger partial charge in [0.25, 0.3) is 0 Å². The highest BCUT2D eigenvalue weighted by atomic mass is 16.5. The molecule has 0 aliphatic carbocycles. The molecule has 5 heteroatoms. The largest absolute Gasteiger partial charge is 0.396 e. The van der Waals surface area contributed by atoms with Crippen LogP contribution in [0.4, 0.5) is 0 Å². The molecule has 0 unspecified atom stereocenters. The van der Waals surface area contributed by atoms with Crippen molar-refractivity contribution in [2.75, 3.05) is 13.2 Å². The van der Waals surface area contributed by atoms with E-state index in [1.54, 1.807) is 13.8 Å². The van der Waals surface area contributed by atoms with E-state index in [-0.39, 0.29) is 18.9 Å². The molecule has 5 nitrogen and oxygen atoms in total. The van der Waals surface area contributed by atoms with Gasteiger partial charge in [-0.25, -0.2) is 0 Å². The average molecular weight is 205 g/mol. The van der Waals surface area contributed by atoms with Crippen molar-refractivity contribution in [1.29, 1.82) is 0 Å². The summed E-state index contributed by atoms with van der Waals surface area (Å²) in [7, 11) is 0. The summed E-state index contributed by atoms with van der Waals surface area (Å²) in [5.41, 5.74) is -0.844. The van der Waals surface area contributed by atoms with Crippen molar-refractivity contribution in [3.8, 4) is 0 Å². The van der Waals surface area contributed by atoms with Crippen molar-refractivity contribution in [3.63, 3.8) is 0 Å². The Morgan fingerprint density at radius 3 is 2.43 bits per heavy atom. The van der Waals surface area contributed by atoms with Gasteiger partial charge in [0.15, 0.2) is 6.29 Å². The van der Waals surface area contributed by atoms with Crippen LogP contribution in [0.5, 0.6) is 0 Å². The van der Waals surface area contributed by atoms with Gasteiger partial charge in [0.1, 0.15) is 0 Å². The summed E-state index contributed by atoms with van der Waals surface area (Å²) < 4.78 is 0. The van der Waals surface area contributed by atoms with Gasteiger partial charge < -0.3 is 20.6 Å². The van der Waals surface area contributed by atoms with E-state index in [1.165, 1.54) is 0 Å². The second-order valence-corrected chi connectivity index (χ2v) is 3.97. The van der Waals surface area contributed by atoms with E-state index in [9.17, 15) is 4.79 Å². The Balaban J connectivity index is 3.82. The molecule has 0 aromatic carbocycles. The minimum absolute atomic E-state index is 0.0340. The molecule has 0 atom stereocenters. The van der Waals surface area contributed by atoms with Gasteiger partial charge in [0.05, 0.1) is 0 Å². The van der Waals surface area contributed by atoms with E-state index in [1.807, 2.05) is 0 Å². The maximum atomic E-state index is 11.2. The van der Waals surface area contributed by atoms with Crippen molar-refractivity contribution < 1.29 is 20.1 Å². The number of aliphatic hydroxyl groups is 3. The SMILES string of the molecule is CC(C)(CC(=O)NCCCO)C(O)O. The van der Waals surface area contributed by atoms with E-state index in [0.29, 0.717) is 13.0 Å². The molecular formula is C9H19NO4. The molecule has 0 rings (SSSR count). The van der Waals surface area contributed by atoms with Crippen LogP contribution in [0.25, 0.3) is 0 Å². The number of amides is 1. The van der Waals surface area contributed by atoms with Crippen molar-refractivity contribution in [2.45, 2.75) is 33.0 Å². The number of carbonyl (C=O) groups is 1. The van der Waals surface area contributed by atoms with Crippen LogP contribution in [0.2, 0.25) is 0 Å². The Bertz CT molecular complexity index is 180. The highest BCUT2D eigenvalue weighted by Crippen LogP contribution is 2.23. The van der Waals surface area contributed by atoms with Gasteiger partial charge in [0.2, 0.25) is 5.91 Å². The van der Waals surface area contributed by atoms with Gasteiger partial charge in [-0.15, -0.1) is 0 Å². The van der Waals surface area contributed by atoms with Crippen LogP contribution < -0.4 is 5.32 Å². The summed E-state index contributed by atoms with van der Waals surface area (Å²) >= 11 is 0. The Morgan fingerprint density at radius 1 is 1.43 bits per heavy atom. The topological polar surface area (TPSA) is 89.8 Å². The molecule has 0 fully saturated rings. The van der Waals surface area contributed by atoms with E-state index in [2.05, 4.69) is 5.32 Å². The lowest BCUT2D eigenvalue weighted by Gasteiger charge is -2.25. The summed E-state index contributed by atoms with van der Waals surface area (Å²) in [6, 6.07) is 0. The maximum absolute atomic E-state index is 11.2. The Morgan fingerprint density at radius 2 is 2.00 bits per heavy atom. The fraction of sp³-hybridized carbons (Fsp3) is 0.889. The molecule has 0 aromatic rings. The van der Waals surface area contributed by atoms with Crippen molar-refractivity contribution >= 4 is 5.91 Å². The summed E-state index contributed by atoms with van der Waals surface area (Å²) in [5, 5.41) is 28.9. The molecule has 0 aromatic heterocycles. The van der Waals surface area contributed by atoms with Crippen LogP contribution in [-0.2, 0) is 4.79 Å². The van der Waals surface area contributed by atoms with E-state index in [4.69, 9.17) is 15.3 Å². The number of carbonyl (C=O) groups excluding carboxylic acids is 1. The van der Waals surface area contributed by atoms with Crippen LogP contribution in [-0.4, -0.2) is 40.7 Å². The normalized spacial score (nSPS) is 11.9. The smallest absolute Gasteiger partial charge is 0.220 e. The van der Waals surface area contributed by atoms with Crippen molar-refractivity contribution in [3.05, 3.63) is 0 Å². The zero-order valence-corrected chi connectivity index (χ0v) is 8.66. The Kier molecular flexibility index (Phi) is 5.68. The molecule has 84 valence electrons. The monoisotopic (exact) mass is 205 g/mol. The predicted octanol–water partition coefficient (Wildman–Crippen LogP) is -0.788. The first kappa shape index (κ1) is 13.4. The molecule has 1 amide bonds. The third-order valence-corrected chi connectivity index (χ3v) is 1.97. The lowest BCUT2D eigenvalue weighted by Crippen LogP contribution is -2.36. The zero-order valence-electron chi connectivity index (χ0n) is 8.66. The highest BCUT2D eigenvalue weighted by Gasteiger charge is 2.28. The fourth-order valence-corrected chi connectivity index (χ4v) is 0.874. The lowest BCUT2D eigenvalue weighted by molar-refractivity contribution is -0.142. The Hall–Kier alpha value is -0.650. The van der Waals surface area contributed by atoms with E-state index >= 15 is 0 Å². The molecule has 0 bridgehead atoms. The number of rotatable bonds is 6. The summed E-state index contributed by atoms with van der Waals surface area (Å²) in [6.07, 6.45) is -0.949. The lowest BCUT2D eigenvalue weighted by atomic mass is 9.88. The van der Waals surface area contributed by atoms with Gasteiger partial charge in [0, 0.05) is 25.0 Å². The van der Waals surface area contributed by atoms with Gasteiger partial charge in [-0.1, -0.05) is 13.8 Å². The number of aliphatic hydroxyl groups excluding tert-OH is 2. The summed E-state index contributed by atoms with van der Waals surface area (Å²) in [4.78, 5) is 11.2. The summed E-state index contributed by atoms with van der Waals surface area (Å²) in [5.74, 6) is -0.239. The van der Waals surface area contributed by atoms with Crippen LogP contribution in [0.15, 0.2) is 0 Å². The molecule has 0 aliphatic heterocycles. The molecular weight excluding hydrogens is 186 g/mol. The van der Waals surface area contributed by atoms with Crippen LogP contribution in [0.3, 0.4) is 0 Å². The maximum Gasteiger partial charge on any atom is 0.220 e. The second-order valence-electron chi connectivity index (χ2n) is 3.97. The third-order valence-electron chi connectivity index (χ3n) is 1.97. The molecule has 0 saturated carbocycles. The van der Waals surface area contributed by atoms with Gasteiger partial charge in [-0.05, 0) is 6.42 Å². The standard InChI is InChI=1S/C9H19NO4/c1-9(2,8(13)14)6-7(12)10-4-3-5-11/h8,11,13-14H,3-6H2,1-2H3,(H,10,12). The number of nitrogens with one attached hydrogen (secondary N) is 1. The molecule has 0 radical (unpaired) electrons. The molecule has 4 N–H and O–H groups in total. The number of hydrogen-bond acceptors (Lipinski definition) is 4. The highest BCUT2D eigenvalue weighted by molar-refractivity contribution is 5.76. The minimum atomic E-state index is -1.51. The average Bonchev–Trinajstić information content (AvgIpc) is 2.03. The summed E-state index contributed by atoms with van der Waals surface area (Å²) in [6.45, 7) is 3.64. The van der Waals surface area contributed by atoms with Gasteiger partial charge >= 0.3 is 0 Å². The van der Waals surface area contributed by atoms with E-state index in [0.717, 1.165) is 0 Å². The van der Waals surface area contributed by atoms with Crippen LogP contribution in [0, 0.1) is 5.41 Å². The van der Waals surface area contributed by atoms with Crippen LogP contribution >= 0.6 is 0 Å². The zero-order chi connectivity index (χ0) is 11.2. The molecule has 0 saturated heterocycles.